The van der Waals surface area contributed by atoms with Gasteiger partial charge in [-0.05, 0) is 63.6 Å². The van der Waals surface area contributed by atoms with E-state index in [1.165, 1.54) is 75.7 Å². The Bertz CT molecular complexity index is 946. The van der Waals surface area contributed by atoms with Gasteiger partial charge in [-0.15, -0.1) is 10.3 Å². The number of hydrogen-bond acceptors (Lipinski definition) is 3. The second-order valence-corrected chi connectivity index (χ2v) is 12.4. The summed E-state index contributed by atoms with van der Waals surface area (Å²) in [6, 6.07) is 8.16. The summed E-state index contributed by atoms with van der Waals surface area (Å²) in [6.45, 7) is 8.60. The third-order valence-corrected chi connectivity index (χ3v) is 8.74. The molecule has 40 heavy (non-hydrogen) atoms. The minimum Gasteiger partial charge on any atom is -0.494 e. The fraction of sp³-hybridized carbons (Fsp3) is 0.735. The van der Waals surface area contributed by atoms with E-state index in [0.717, 1.165) is 56.6 Å². The van der Waals surface area contributed by atoms with Crippen LogP contribution < -0.4 is 9.30 Å². The molecule has 1 fully saturated rings. The molecule has 6 nitrogen and oxygen atoms in total. The van der Waals surface area contributed by atoms with Crippen molar-refractivity contribution in [3.8, 4) is 5.75 Å². The number of benzene rings is 1. The molecular weight excluding hydrogens is 498 g/mol. The maximum absolute atomic E-state index is 13.5. The Morgan fingerprint density at radius 2 is 1.40 bits per heavy atom. The maximum atomic E-state index is 13.5. The lowest BCUT2D eigenvalue weighted by Gasteiger charge is -2.37. The molecule has 1 aromatic heterocycles. The smallest absolute Gasteiger partial charge is 0.243 e. The quantitative estimate of drug-likeness (QED) is 0.115. The van der Waals surface area contributed by atoms with Crippen LogP contribution in [0.3, 0.4) is 0 Å². The summed E-state index contributed by atoms with van der Waals surface area (Å²) in [6.07, 6.45) is 25.9. The Morgan fingerprint density at radius 3 is 2.00 bits per heavy atom. The lowest BCUT2D eigenvalue weighted by atomic mass is 9.90. The van der Waals surface area contributed by atoms with Crippen molar-refractivity contribution in [2.24, 2.45) is 7.05 Å². The number of imidazole rings is 1. The Balaban J connectivity index is 1.28. The van der Waals surface area contributed by atoms with Crippen LogP contribution in [0.2, 0.25) is 0 Å². The average molecular weight is 556 g/mol. The van der Waals surface area contributed by atoms with Gasteiger partial charge in [0.1, 0.15) is 23.9 Å². The molecule has 2 atom stereocenters. The number of ether oxygens (including phenoxy) is 2. The molecule has 1 aromatic carbocycles. The fourth-order valence-corrected chi connectivity index (χ4v) is 5.96. The van der Waals surface area contributed by atoms with Gasteiger partial charge in [-0.2, -0.15) is 0 Å². The Hall–Kier alpha value is -1.89. The van der Waals surface area contributed by atoms with E-state index in [9.17, 15) is 5.21 Å². The van der Waals surface area contributed by atoms with E-state index in [0.29, 0.717) is 6.61 Å². The molecule has 0 amide bonds. The molecule has 1 aliphatic rings. The molecule has 3 rings (SSSR count). The monoisotopic (exact) mass is 555 g/mol. The Kier molecular flexibility index (Phi) is 14.0. The van der Waals surface area contributed by atoms with Gasteiger partial charge in [0.2, 0.25) is 6.33 Å². The average Bonchev–Trinajstić information content (AvgIpc) is 3.48. The van der Waals surface area contributed by atoms with Gasteiger partial charge in [-0.25, -0.2) is 9.13 Å². The Morgan fingerprint density at radius 1 is 0.800 bits per heavy atom. The molecule has 6 heteroatoms. The highest BCUT2D eigenvalue weighted by Gasteiger charge is 2.52. The van der Waals surface area contributed by atoms with Gasteiger partial charge < -0.3 is 9.47 Å². The van der Waals surface area contributed by atoms with Gasteiger partial charge in [-0.3, -0.25) is 0 Å². The van der Waals surface area contributed by atoms with Crippen LogP contribution in [0, 0.1) is 0 Å². The van der Waals surface area contributed by atoms with Crippen molar-refractivity contribution in [2.45, 2.75) is 141 Å². The van der Waals surface area contributed by atoms with Crippen LogP contribution in [-0.2, 0) is 29.1 Å². The SMILES string of the molecule is CCCCCCCCCCCCCCOc1ccc([C@]2(C)CC[C@](C)(OCCCCn3cc[n+](C)c3)N2[O])cc1. The molecule has 225 valence electrons. The fourth-order valence-electron chi connectivity index (χ4n) is 5.96. The first-order chi connectivity index (χ1) is 19.4. The van der Waals surface area contributed by atoms with Gasteiger partial charge in [0.15, 0.2) is 0 Å². The summed E-state index contributed by atoms with van der Waals surface area (Å²) >= 11 is 0. The number of aryl methyl sites for hydroxylation is 2. The Labute approximate surface area is 244 Å². The van der Waals surface area contributed by atoms with Crippen LogP contribution in [-0.4, -0.2) is 28.6 Å². The number of unbranched alkanes of at least 4 members (excludes halogenated alkanes) is 12. The van der Waals surface area contributed by atoms with E-state index in [4.69, 9.17) is 9.47 Å². The predicted octanol–water partition coefficient (Wildman–Crippen LogP) is 8.26. The molecule has 2 heterocycles. The topological polar surface area (TPSA) is 50.4 Å². The predicted molar refractivity (Wildman–Crippen MR) is 161 cm³/mol. The standard InChI is InChI=1S/C34H57N3O3/c1-5-6-7-8-9-10-11-12-13-14-15-17-28-39-32-21-19-31(20-22-32)33(2)23-24-34(3,37(33)38)40-29-18-16-25-36-27-26-35(4)30-36/h19-22,26-27,30H,5-18,23-25,28-29H2,1-4H3/q+1/t33-,34-/m0/s1. The first-order valence-corrected chi connectivity index (χ1v) is 16.2. The molecule has 2 aromatic rings. The van der Waals surface area contributed by atoms with Crippen LogP contribution in [0.15, 0.2) is 43.0 Å². The van der Waals surface area contributed by atoms with Crippen molar-refractivity contribution in [1.29, 1.82) is 0 Å². The van der Waals surface area contributed by atoms with Gasteiger partial charge in [0.05, 0.1) is 25.7 Å². The lowest BCUT2D eigenvalue weighted by molar-refractivity contribution is -0.671. The molecule has 0 unspecified atom stereocenters. The lowest BCUT2D eigenvalue weighted by Crippen LogP contribution is -2.48. The minimum absolute atomic E-state index is 0.581. The molecule has 0 saturated carbocycles. The molecule has 0 bridgehead atoms. The summed E-state index contributed by atoms with van der Waals surface area (Å²) in [4.78, 5) is 0. The van der Waals surface area contributed by atoms with E-state index in [1.807, 2.05) is 43.8 Å². The first kappa shape index (κ1) is 32.6. The summed E-state index contributed by atoms with van der Waals surface area (Å²) in [5, 5.41) is 14.7. The van der Waals surface area contributed by atoms with E-state index in [2.05, 4.69) is 36.1 Å². The summed E-state index contributed by atoms with van der Waals surface area (Å²) in [5.74, 6) is 0.890. The molecule has 0 aliphatic carbocycles. The van der Waals surface area contributed by atoms with Crippen molar-refractivity contribution in [1.82, 2.24) is 9.63 Å². The van der Waals surface area contributed by atoms with Crippen LogP contribution in [0.4, 0.5) is 0 Å². The normalized spacial score (nSPS) is 21.3. The first-order valence-electron chi connectivity index (χ1n) is 16.2. The highest BCUT2D eigenvalue weighted by molar-refractivity contribution is 5.32. The summed E-state index contributed by atoms with van der Waals surface area (Å²) in [7, 11) is 2.03. The number of rotatable bonds is 21. The number of hydroxylamine groups is 2. The van der Waals surface area contributed by atoms with Gasteiger partial charge in [0, 0.05) is 6.61 Å². The van der Waals surface area contributed by atoms with Crippen LogP contribution in [0.1, 0.15) is 129 Å². The third-order valence-electron chi connectivity index (χ3n) is 8.74. The van der Waals surface area contributed by atoms with Crippen LogP contribution in [0.25, 0.3) is 0 Å². The van der Waals surface area contributed by atoms with Crippen molar-refractivity contribution < 1.29 is 19.2 Å². The van der Waals surface area contributed by atoms with E-state index < -0.39 is 11.3 Å². The summed E-state index contributed by atoms with van der Waals surface area (Å²) in [5.41, 5.74) is -0.325. The molecule has 1 saturated heterocycles. The van der Waals surface area contributed by atoms with Gasteiger partial charge in [-0.1, -0.05) is 89.7 Å². The van der Waals surface area contributed by atoms with Crippen molar-refractivity contribution in [2.75, 3.05) is 13.2 Å². The van der Waals surface area contributed by atoms with Crippen molar-refractivity contribution in [3.63, 3.8) is 0 Å². The zero-order valence-electron chi connectivity index (χ0n) is 26.0. The second-order valence-electron chi connectivity index (χ2n) is 12.4. The number of aromatic nitrogens is 2. The van der Waals surface area contributed by atoms with E-state index >= 15 is 0 Å². The maximum Gasteiger partial charge on any atom is 0.243 e. The highest BCUT2D eigenvalue weighted by atomic mass is 16.6. The molecule has 0 spiro atoms. The number of nitrogens with zero attached hydrogens (tertiary/aromatic N) is 3. The summed E-state index contributed by atoms with van der Waals surface area (Å²) < 4.78 is 16.4. The van der Waals surface area contributed by atoms with Crippen molar-refractivity contribution >= 4 is 0 Å². The van der Waals surface area contributed by atoms with Gasteiger partial charge in [0.25, 0.3) is 0 Å². The molecule has 0 N–H and O–H groups in total. The largest absolute Gasteiger partial charge is 0.494 e. The third kappa shape index (κ3) is 10.2. The molecule has 1 aliphatic heterocycles. The van der Waals surface area contributed by atoms with Gasteiger partial charge >= 0.3 is 0 Å². The molecular formula is C34H57N3O3+. The zero-order chi connectivity index (χ0) is 28.7. The van der Waals surface area contributed by atoms with E-state index in [1.54, 1.807) is 0 Å². The van der Waals surface area contributed by atoms with Crippen LogP contribution in [0.5, 0.6) is 5.75 Å². The van der Waals surface area contributed by atoms with Crippen LogP contribution >= 0.6 is 0 Å². The van der Waals surface area contributed by atoms with Crippen molar-refractivity contribution in [3.05, 3.63) is 48.5 Å². The minimum atomic E-state index is -0.779. The highest BCUT2D eigenvalue weighted by Crippen LogP contribution is 2.47. The molecule has 1 radical (unpaired) electrons. The second kappa shape index (κ2) is 17.2. The zero-order valence-corrected chi connectivity index (χ0v) is 26.0. The van der Waals surface area contributed by atoms with E-state index in [-0.39, 0.29) is 0 Å². The number of hydrogen-bond donors (Lipinski definition) is 0.